The predicted molar refractivity (Wildman–Crippen MR) is 111 cm³/mol. The summed E-state index contributed by atoms with van der Waals surface area (Å²) in [5, 5.41) is 41.1. The number of carboxylic acid groups (broad SMARTS) is 1. The second-order valence-corrected chi connectivity index (χ2v) is 7.77. The zero-order valence-corrected chi connectivity index (χ0v) is 17.2. The molecule has 4 N–H and O–H groups in total. The fourth-order valence-electron chi connectivity index (χ4n) is 3.84. The molecule has 0 heterocycles. The van der Waals surface area contributed by atoms with Crippen molar-refractivity contribution in [2.75, 3.05) is 6.61 Å². The molecular formula is C22H29ClO6. The highest BCUT2D eigenvalue weighted by atomic mass is 35.5. The maximum absolute atomic E-state index is 11.8. The summed E-state index contributed by atoms with van der Waals surface area (Å²) in [6, 6.07) is 6.80. The molecule has 1 aliphatic rings. The first-order valence-corrected chi connectivity index (χ1v) is 10.2. The average Bonchev–Trinajstić information content (AvgIpc) is 2.94. The normalized spacial score (nSPS) is 26.8. The zero-order chi connectivity index (χ0) is 21.4. The van der Waals surface area contributed by atoms with Crippen LogP contribution >= 0.6 is 11.6 Å². The van der Waals surface area contributed by atoms with Crippen molar-refractivity contribution in [3.05, 3.63) is 53.6 Å². The summed E-state index contributed by atoms with van der Waals surface area (Å²) in [7, 11) is 0. The Kier molecular flexibility index (Phi) is 9.17. The number of carboxylic acids is 1. The van der Waals surface area contributed by atoms with E-state index in [-0.39, 0.29) is 13.0 Å². The zero-order valence-electron chi connectivity index (χ0n) is 16.4. The molecule has 1 fully saturated rings. The van der Waals surface area contributed by atoms with E-state index in [9.17, 15) is 25.2 Å². The monoisotopic (exact) mass is 424 g/mol. The highest BCUT2D eigenvalue weighted by Gasteiger charge is 2.46. The molecule has 6 nitrogen and oxygen atoms in total. The highest BCUT2D eigenvalue weighted by Crippen LogP contribution is 2.40. The summed E-state index contributed by atoms with van der Waals surface area (Å²) in [6.45, 7) is 1.85. The van der Waals surface area contributed by atoms with Crippen molar-refractivity contribution in [1.82, 2.24) is 0 Å². The minimum absolute atomic E-state index is 0.0173. The van der Waals surface area contributed by atoms with Crippen molar-refractivity contribution in [3.63, 3.8) is 0 Å². The number of aliphatic hydroxyl groups is 3. The van der Waals surface area contributed by atoms with Crippen molar-refractivity contribution >= 4 is 17.6 Å². The highest BCUT2D eigenvalue weighted by molar-refractivity contribution is 6.30. The van der Waals surface area contributed by atoms with Crippen molar-refractivity contribution in [2.24, 2.45) is 17.8 Å². The summed E-state index contributed by atoms with van der Waals surface area (Å²) in [4.78, 5) is 11.8. The maximum atomic E-state index is 11.8. The molecule has 2 rings (SSSR count). The number of ether oxygens (including phenoxy) is 1. The summed E-state index contributed by atoms with van der Waals surface area (Å²) < 4.78 is 5.49. The Morgan fingerprint density at radius 3 is 2.76 bits per heavy atom. The van der Waals surface area contributed by atoms with Gasteiger partial charge < -0.3 is 25.2 Å². The van der Waals surface area contributed by atoms with Crippen LogP contribution in [-0.2, 0) is 4.79 Å². The molecule has 0 aliphatic heterocycles. The van der Waals surface area contributed by atoms with Gasteiger partial charge in [0.25, 0.3) is 0 Å². The SMILES string of the molecule is CC=CCCC(C(=O)O)C1C(O)CC(O)C1C=CC(O)COc1cccc(Cl)c1. The lowest BCUT2D eigenvalue weighted by Gasteiger charge is -2.27. The Bertz CT molecular complexity index is 719. The molecule has 29 heavy (non-hydrogen) atoms. The van der Waals surface area contributed by atoms with Crippen molar-refractivity contribution in [2.45, 2.75) is 44.5 Å². The molecule has 0 bridgehead atoms. The van der Waals surface area contributed by atoms with Crippen LogP contribution in [0.4, 0.5) is 0 Å². The van der Waals surface area contributed by atoms with Gasteiger partial charge in [-0.15, -0.1) is 0 Å². The van der Waals surface area contributed by atoms with Crippen LogP contribution in [0.5, 0.6) is 5.75 Å². The number of aliphatic carboxylic acids is 1. The second-order valence-electron chi connectivity index (χ2n) is 7.34. The van der Waals surface area contributed by atoms with E-state index in [4.69, 9.17) is 16.3 Å². The molecule has 1 aromatic rings. The first-order valence-electron chi connectivity index (χ1n) is 9.78. The van der Waals surface area contributed by atoms with Gasteiger partial charge in [0.1, 0.15) is 18.5 Å². The lowest BCUT2D eigenvalue weighted by atomic mass is 9.79. The van der Waals surface area contributed by atoms with Crippen molar-refractivity contribution in [1.29, 1.82) is 0 Å². The number of hydrogen-bond acceptors (Lipinski definition) is 5. The fourth-order valence-corrected chi connectivity index (χ4v) is 4.02. The third-order valence-electron chi connectivity index (χ3n) is 5.25. The van der Waals surface area contributed by atoms with E-state index < -0.39 is 42.0 Å². The van der Waals surface area contributed by atoms with Crippen LogP contribution in [0.1, 0.15) is 26.2 Å². The van der Waals surface area contributed by atoms with Gasteiger partial charge in [0.15, 0.2) is 0 Å². The number of benzene rings is 1. The van der Waals surface area contributed by atoms with Gasteiger partial charge in [0.05, 0.1) is 18.1 Å². The molecule has 7 heteroatoms. The Morgan fingerprint density at radius 2 is 2.10 bits per heavy atom. The van der Waals surface area contributed by atoms with Gasteiger partial charge in [0, 0.05) is 23.3 Å². The van der Waals surface area contributed by atoms with E-state index >= 15 is 0 Å². The molecule has 1 saturated carbocycles. The number of allylic oxidation sites excluding steroid dienone is 2. The molecule has 1 aromatic carbocycles. The average molecular weight is 425 g/mol. The first kappa shape index (κ1) is 23.4. The summed E-state index contributed by atoms with van der Waals surface area (Å²) in [5.74, 6) is -2.43. The molecule has 6 atom stereocenters. The summed E-state index contributed by atoms with van der Waals surface area (Å²) >= 11 is 5.89. The number of aliphatic hydroxyl groups excluding tert-OH is 3. The Hall–Kier alpha value is -1.86. The van der Waals surface area contributed by atoms with Gasteiger partial charge >= 0.3 is 5.97 Å². The van der Waals surface area contributed by atoms with Crippen molar-refractivity contribution in [3.8, 4) is 5.75 Å². The molecule has 0 saturated heterocycles. The second kappa shape index (κ2) is 11.4. The third kappa shape index (κ3) is 6.85. The van der Waals surface area contributed by atoms with E-state index in [1.807, 2.05) is 19.1 Å². The lowest BCUT2D eigenvalue weighted by Crippen LogP contribution is -2.34. The Balaban J connectivity index is 2.03. The molecule has 0 amide bonds. The summed E-state index contributed by atoms with van der Waals surface area (Å²) in [6.07, 6.45) is 5.16. The van der Waals surface area contributed by atoms with Crippen LogP contribution < -0.4 is 4.74 Å². The van der Waals surface area contributed by atoms with E-state index in [2.05, 4.69) is 0 Å². The summed E-state index contributed by atoms with van der Waals surface area (Å²) in [5.41, 5.74) is 0. The largest absolute Gasteiger partial charge is 0.491 e. The van der Waals surface area contributed by atoms with Crippen LogP contribution in [0.2, 0.25) is 5.02 Å². The smallest absolute Gasteiger partial charge is 0.306 e. The van der Waals surface area contributed by atoms with E-state index in [0.29, 0.717) is 23.6 Å². The minimum atomic E-state index is -0.990. The fraction of sp³-hybridized carbons (Fsp3) is 0.500. The van der Waals surface area contributed by atoms with Gasteiger partial charge in [-0.3, -0.25) is 4.79 Å². The number of hydrogen-bond donors (Lipinski definition) is 4. The van der Waals surface area contributed by atoms with Crippen LogP contribution in [0.3, 0.4) is 0 Å². The molecule has 160 valence electrons. The molecule has 0 spiro atoms. The van der Waals surface area contributed by atoms with Gasteiger partial charge in [0.2, 0.25) is 0 Å². The van der Waals surface area contributed by atoms with Gasteiger partial charge in [-0.2, -0.15) is 0 Å². The molecule has 1 aliphatic carbocycles. The third-order valence-corrected chi connectivity index (χ3v) is 5.49. The number of rotatable bonds is 10. The quantitative estimate of drug-likeness (QED) is 0.430. The number of halogens is 1. The number of carbonyl (C=O) groups is 1. The lowest BCUT2D eigenvalue weighted by molar-refractivity contribution is -0.146. The predicted octanol–water partition coefficient (Wildman–Crippen LogP) is 3.05. The Labute approximate surface area is 176 Å². The van der Waals surface area contributed by atoms with Crippen LogP contribution in [0, 0.1) is 17.8 Å². The molecular weight excluding hydrogens is 396 g/mol. The van der Waals surface area contributed by atoms with Crippen molar-refractivity contribution < 1.29 is 30.0 Å². The Morgan fingerprint density at radius 1 is 1.34 bits per heavy atom. The van der Waals surface area contributed by atoms with Gasteiger partial charge in [-0.25, -0.2) is 0 Å². The van der Waals surface area contributed by atoms with E-state index in [0.717, 1.165) is 0 Å². The van der Waals surface area contributed by atoms with E-state index in [1.54, 1.807) is 30.3 Å². The molecule has 6 unspecified atom stereocenters. The van der Waals surface area contributed by atoms with Crippen LogP contribution in [-0.4, -0.2) is 51.3 Å². The standard InChI is InChI=1S/C22H29ClO6/c1-2-3-4-8-18(22(27)28)21-17(19(25)12-20(21)26)10-9-15(24)13-29-16-7-5-6-14(23)11-16/h2-3,5-7,9-11,15,17-21,24-26H,4,8,12-13H2,1H3,(H,27,28). The minimum Gasteiger partial charge on any atom is -0.491 e. The van der Waals surface area contributed by atoms with E-state index in [1.165, 1.54) is 6.08 Å². The van der Waals surface area contributed by atoms with Gasteiger partial charge in [-0.05, 0) is 38.0 Å². The topological polar surface area (TPSA) is 107 Å². The van der Waals surface area contributed by atoms with Crippen LogP contribution in [0.25, 0.3) is 0 Å². The first-order chi connectivity index (χ1) is 13.8. The van der Waals surface area contributed by atoms with Gasteiger partial charge in [-0.1, -0.05) is 42.0 Å². The molecule has 0 radical (unpaired) electrons. The molecule has 0 aromatic heterocycles. The maximum Gasteiger partial charge on any atom is 0.306 e. The van der Waals surface area contributed by atoms with Crippen LogP contribution in [0.15, 0.2) is 48.6 Å².